The number of aromatic nitrogens is 4. The van der Waals surface area contributed by atoms with Gasteiger partial charge >= 0.3 is 0 Å². The second kappa shape index (κ2) is 7.34. The van der Waals surface area contributed by atoms with E-state index in [1.165, 1.54) is 11.9 Å². The van der Waals surface area contributed by atoms with Gasteiger partial charge in [-0.2, -0.15) is 10.1 Å². The minimum atomic E-state index is 0.0475. The number of amides is 1. The van der Waals surface area contributed by atoms with E-state index in [1.807, 2.05) is 32.0 Å². The third-order valence-corrected chi connectivity index (χ3v) is 5.13. The molecular weight excluding hydrogens is 342 g/mol. The fourth-order valence-electron chi connectivity index (χ4n) is 3.62. The minimum absolute atomic E-state index is 0.0475. The highest BCUT2D eigenvalue weighted by atomic mass is 16.5. The summed E-state index contributed by atoms with van der Waals surface area (Å²) in [5, 5.41) is 7.24. The van der Waals surface area contributed by atoms with Gasteiger partial charge in [-0.1, -0.05) is 18.2 Å². The minimum Gasteiger partial charge on any atom is -0.493 e. The first-order valence-corrected chi connectivity index (χ1v) is 9.25. The van der Waals surface area contributed by atoms with Gasteiger partial charge in [-0.3, -0.25) is 4.79 Å². The van der Waals surface area contributed by atoms with E-state index in [0.717, 1.165) is 29.1 Å². The maximum Gasteiger partial charge on any atom is 0.252 e. The molecule has 0 saturated carbocycles. The molecule has 4 rings (SSSR count). The molecule has 3 aromatic rings. The number of carbonyl (C=O) groups excluding carboxylic acids is 1. The number of para-hydroxylation sites is 1. The Hall–Kier alpha value is -2.96. The van der Waals surface area contributed by atoms with Crippen molar-refractivity contribution >= 4 is 11.7 Å². The molecule has 1 aliphatic heterocycles. The van der Waals surface area contributed by atoms with E-state index in [2.05, 4.69) is 26.4 Å². The van der Waals surface area contributed by atoms with Crippen LogP contribution in [0.4, 0.5) is 0 Å². The predicted octanol–water partition coefficient (Wildman–Crippen LogP) is 2.04. The highest BCUT2D eigenvalue weighted by molar-refractivity contribution is 5.76. The molecule has 2 aromatic heterocycles. The summed E-state index contributed by atoms with van der Waals surface area (Å²) in [6.07, 6.45) is 3.49. The highest BCUT2D eigenvalue weighted by Crippen LogP contribution is 2.26. The van der Waals surface area contributed by atoms with E-state index in [0.29, 0.717) is 37.7 Å². The summed E-state index contributed by atoms with van der Waals surface area (Å²) in [6.45, 7) is 5.21. The molecule has 140 valence electrons. The maximum absolute atomic E-state index is 12.3. The Morgan fingerprint density at radius 3 is 3.07 bits per heavy atom. The number of carbonyl (C=O) groups is 1. The first-order chi connectivity index (χ1) is 13.1. The topological polar surface area (TPSA) is 81.4 Å². The van der Waals surface area contributed by atoms with E-state index >= 15 is 0 Å². The number of rotatable bonds is 5. The molecule has 1 N–H and O–H groups in total. The number of nitrogens with one attached hydrogen (secondary N) is 1. The molecule has 27 heavy (non-hydrogen) atoms. The van der Waals surface area contributed by atoms with Gasteiger partial charge in [-0.05, 0) is 43.9 Å². The van der Waals surface area contributed by atoms with E-state index < -0.39 is 0 Å². The third-order valence-electron chi connectivity index (χ3n) is 5.13. The molecule has 1 amide bonds. The Bertz CT molecular complexity index is 982. The number of aryl methyl sites for hydroxylation is 2. The van der Waals surface area contributed by atoms with Gasteiger partial charge in [0.1, 0.15) is 12.1 Å². The van der Waals surface area contributed by atoms with Crippen LogP contribution in [0.2, 0.25) is 0 Å². The first kappa shape index (κ1) is 17.5. The third kappa shape index (κ3) is 3.63. The lowest BCUT2D eigenvalue weighted by Gasteiger charge is -2.25. The average Bonchev–Trinajstić information content (AvgIpc) is 3.14. The fraction of sp³-hybridized carbons (Fsp3) is 0.400. The van der Waals surface area contributed by atoms with Crippen LogP contribution in [0, 0.1) is 19.8 Å². The Morgan fingerprint density at radius 2 is 2.19 bits per heavy atom. The number of fused-ring (bicyclic) bond motifs is 2. The quantitative estimate of drug-likeness (QED) is 0.748. The summed E-state index contributed by atoms with van der Waals surface area (Å²) in [6, 6.07) is 8.08. The molecule has 1 aromatic carbocycles. The van der Waals surface area contributed by atoms with Crippen molar-refractivity contribution in [3.63, 3.8) is 0 Å². The highest BCUT2D eigenvalue weighted by Gasteiger charge is 2.20. The van der Waals surface area contributed by atoms with Gasteiger partial charge in [0.2, 0.25) is 5.91 Å². The van der Waals surface area contributed by atoms with Crippen LogP contribution in [0.3, 0.4) is 0 Å². The van der Waals surface area contributed by atoms with E-state index in [-0.39, 0.29) is 5.91 Å². The number of nitrogens with zero attached hydrogens (tertiary/aromatic N) is 4. The van der Waals surface area contributed by atoms with Crippen molar-refractivity contribution in [1.82, 2.24) is 24.9 Å². The van der Waals surface area contributed by atoms with Crippen molar-refractivity contribution in [2.75, 3.05) is 13.2 Å². The number of hydrogen-bond donors (Lipinski definition) is 1. The Labute approximate surface area is 157 Å². The summed E-state index contributed by atoms with van der Waals surface area (Å²) in [4.78, 5) is 20.9. The van der Waals surface area contributed by atoms with Crippen LogP contribution in [-0.4, -0.2) is 38.6 Å². The van der Waals surface area contributed by atoms with Crippen LogP contribution in [0.5, 0.6) is 5.75 Å². The van der Waals surface area contributed by atoms with Gasteiger partial charge in [-0.15, -0.1) is 0 Å². The van der Waals surface area contributed by atoms with Crippen molar-refractivity contribution in [3.05, 3.63) is 53.1 Å². The fourth-order valence-corrected chi connectivity index (χ4v) is 3.62. The zero-order valence-corrected chi connectivity index (χ0v) is 15.6. The molecule has 1 unspecified atom stereocenters. The van der Waals surface area contributed by atoms with Gasteiger partial charge in [0.05, 0.1) is 6.61 Å². The molecule has 1 aliphatic rings. The van der Waals surface area contributed by atoms with Crippen LogP contribution in [0.1, 0.15) is 28.9 Å². The first-order valence-electron chi connectivity index (χ1n) is 9.25. The number of benzene rings is 1. The van der Waals surface area contributed by atoms with Crippen molar-refractivity contribution in [3.8, 4) is 5.75 Å². The van der Waals surface area contributed by atoms with Gasteiger partial charge < -0.3 is 10.1 Å². The van der Waals surface area contributed by atoms with Crippen molar-refractivity contribution < 1.29 is 9.53 Å². The molecular formula is C20H23N5O2. The van der Waals surface area contributed by atoms with Crippen molar-refractivity contribution in [2.24, 2.45) is 5.92 Å². The second-order valence-electron chi connectivity index (χ2n) is 7.03. The molecule has 7 nitrogen and oxygen atoms in total. The zero-order valence-electron chi connectivity index (χ0n) is 15.6. The van der Waals surface area contributed by atoms with Crippen molar-refractivity contribution in [2.45, 2.75) is 33.1 Å². The molecule has 0 spiro atoms. The lowest BCUT2D eigenvalue weighted by atomic mass is 9.96. The molecule has 1 atom stereocenters. The SMILES string of the molecule is Cc1nc2ncnn2c(C)c1CCC(=O)NCC1COc2ccccc2C1. The largest absolute Gasteiger partial charge is 0.493 e. The standard InChI is InChI=1S/C20H23N5O2/c1-13-17(14(2)25-20(24-13)22-12-23-25)7-8-19(26)21-10-15-9-16-5-3-4-6-18(16)27-11-15/h3-6,12,15H,7-11H2,1-2H3,(H,21,26). The average molecular weight is 365 g/mol. The van der Waals surface area contributed by atoms with E-state index in [9.17, 15) is 4.79 Å². The predicted molar refractivity (Wildman–Crippen MR) is 101 cm³/mol. The van der Waals surface area contributed by atoms with Gasteiger partial charge in [0.25, 0.3) is 5.78 Å². The zero-order chi connectivity index (χ0) is 18.8. The molecule has 7 heteroatoms. The van der Waals surface area contributed by atoms with Crippen LogP contribution >= 0.6 is 0 Å². The monoisotopic (exact) mass is 365 g/mol. The molecule has 0 aliphatic carbocycles. The van der Waals surface area contributed by atoms with Gasteiger partial charge in [0, 0.05) is 30.3 Å². The van der Waals surface area contributed by atoms with Crippen LogP contribution in [-0.2, 0) is 17.6 Å². The smallest absolute Gasteiger partial charge is 0.252 e. The Kier molecular flexibility index (Phi) is 4.75. The van der Waals surface area contributed by atoms with E-state index in [1.54, 1.807) is 4.52 Å². The van der Waals surface area contributed by atoms with Crippen LogP contribution in [0.15, 0.2) is 30.6 Å². The summed E-state index contributed by atoms with van der Waals surface area (Å²) >= 11 is 0. The molecule has 0 bridgehead atoms. The van der Waals surface area contributed by atoms with Gasteiger partial charge in [-0.25, -0.2) is 9.50 Å². The van der Waals surface area contributed by atoms with Crippen LogP contribution < -0.4 is 10.1 Å². The van der Waals surface area contributed by atoms with Crippen LogP contribution in [0.25, 0.3) is 5.78 Å². The lowest BCUT2D eigenvalue weighted by molar-refractivity contribution is -0.121. The molecule has 3 heterocycles. The number of hydrogen-bond acceptors (Lipinski definition) is 5. The lowest BCUT2D eigenvalue weighted by Crippen LogP contribution is -2.35. The normalized spacial score (nSPS) is 16.0. The maximum atomic E-state index is 12.3. The molecule has 0 saturated heterocycles. The van der Waals surface area contributed by atoms with Gasteiger partial charge in [0.15, 0.2) is 0 Å². The van der Waals surface area contributed by atoms with Crippen molar-refractivity contribution in [1.29, 1.82) is 0 Å². The Balaban J connectivity index is 1.32. The number of ether oxygens (including phenoxy) is 1. The summed E-state index contributed by atoms with van der Waals surface area (Å²) in [7, 11) is 0. The molecule has 0 radical (unpaired) electrons. The molecule has 0 fully saturated rings. The van der Waals surface area contributed by atoms with E-state index in [4.69, 9.17) is 4.74 Å². The summed E-state index contributed by atoms with van der Waals surface area (Å²) < 4.78 is 7.51. The summed E-state index contributed by atoms with van der Waals surface area (Å²) in [5.41, 5.74) is 4.15. The Morgan fingerprint density at radius 1 is 1.33 bits per heavy atom. The summed E-state index contributed by atoms with van der Waals surface area (Å²) in [5.74, 6) is 1.91. The second-order valence-corrected chi connectivity index (χ2v) is 7.03.